The van der Waals surface area contributed by atoms with Gasteiger partial charge in [-0.25, -0.2) is 12.8 Å². The van der Waals surface area contributed by atoms with E-state index < -0.39 is 15.8 Å². The molecule has 0 radical (unpaired) electrons. The van der Waals surface area contributed by atoms with Gasteiger partial charge in [0.1, 0.15) is 5.82 Å². The van der Waals surface area contributed by atoms with Gasteiger partial charge in [-0.3, -0.25) is 9.52 Å². The number of hydrogen-bond acceptors (Lipinski definition) is 3. The maximum Gasteiger partial charge on any atom is 0.261 e. The summed E-state index contributed by atoms with van der Waals surface area (Å²) in [6.45, 7) is 1.99. The number of aryl methyl sites for hydroxylation is 1. The molecular weight excluding hydrogens is 379 g/mol. The van der Waals surface area contributed by atoms with Gasteiger partial charge in [-0.2, -0.15) is 0 Å². The van der Waals surface area contributed by atoms with E-state index >= 15 is 0 Å². The summed E-state index contributed by atoms with van der Waals surface area (Å²) in [6, 6.07) is 18.4. The molecule has 144 valence electrons. The Kier molecular flexibility index (Phi) is 5.75. The Labute approximate surface area is 163 Å². The number of amides is 1. The van der Waals surface area contributed by atoms with Crippen molar-refractivity contribution in [3.8, 4) is 0 Å². The summed E-state index contributed by atoms with van der Waals surface area (Å²) in [6.07, 6.45) is 0.773. The van der Waals surface area contributed by atoms with Crippen LogP contribution in [-0.2, 0) is 16.4 Å². The van der Waals surface area contributed by atoms with Crippen LogP contribution in [0.4, 0.5) is 15.8 Å². The predicted octanol–water partition coefficient (Wildman–Crippen LogP) is 4.44. The zero-order chi connectivity index (χ0) is 20.1. The number of rotatable bonds is 6. The normalized spacial score (nSPS) is 11.1. The molecule has 0 aliphatic carbocycles. The van der Waals surface area contributed by atoms with E-state index in [4.69, 9.17) is 0 Å². The van der Waals surface area contributed by atoms with Gasteiger partial charge in [0.05, 0.1) is 10.6 Å². The monoisotopic (exact) mass is 398 g/mol. The van der Waals surface area contributed by atoms with E-state index in [2.05, 4.69) is 10.0 Å². The van der Waals surface area contributed by atoms with E-state index in [0.29, 0.717) is 11.3 Å². The summed E-state index contributed by atoms with van der Waals surface area (Å²) in [5, 5.41) is 2.83. The zero-order valence-corrected chi connectivity index (χ0v) is 16.0. The lowest BCUT2D eigenvalue weighted by Crippen LogP contribution is -2.15. The first-order valence-corrected chi connectivity index (χ1v) is 10.2. The molecule has 0 aliphatic rings. The fourth-order valence-corrected chi connectivity index (χ4v) is 3.75. The molecule has 2 N–H and O–H groups in total. The van der Waals surface area contributed by atoms with E-state index in [1.54, 1.807) is 0 Å². The van der Waals surface area contributed by atoms with Crippen molar-refractivity contribution in [3.63, 3.8) is 0 Å². The molecule has 0 aliphatic heterocycles. The highest BCUT2D eigenvalue weighted by atomic mass is 32.2. The quantitative estimate of drug-likeness (QED) is 0.645. The second-order valence-corrected chi connectivity index (χ2v) is 7.76. The third-order valence-corrected chi connectivity index (χ3v) is 5.57. The first kappa shape index (κ1) is 19.6. The summed E-state index contributed by atoms with van der Waals surface area (Å²) >= 11 is 0. The lowest BCUT2D eigenvalue weighted by atomic mass is 10.1. The van der Waals surface area contributed by atoms with Crippen molar-refractivity contribution < 1.29 is 17.6 Å². The number of nitrogens with one attached hydrogen (secondary N) is 2. The molecule has 0 fully saturated rings. The summed E-state index contributed by atoms with van der Waals surface area (Å²) in [7, 11) is -3.97. The highest BCUT2D eigenvalue weighted by Crippen LogP contribution is 2.20. The van der Waals surface area contributed by atoms with Crippen molar-refractivity contribution in [1.29, 1.82) is 0 Å². The van der Waals surface area contributed by atoms with Crippen molar-refractivity contribution >= 4 is 27.3 Å². The smallest absolute Gasteiger partial charge is 0.261 e. The molecule has 5 nitrogen and oxygen atoms in total. The van der Waals surface area contributed by atoms with Crippen LogP contribution in [0.1, 0.15) is 22.8 Å². The standard InChI is InChI=1S/C21H19FN2O3S/c1-2-15-7-3-5-9-19(15)23-21(25)16-11-13-17(14-12-16)28(26,27)24-20-10-6-4-8-18(20)22/h3-14,24H,2H2,1H3,(H,23,25). The first-order chi connectivity index (χ1) is 13.4. The van der Waals surface area contributed by atoms with Crippen LogP contribution in [0.15, 0.2) is 77.7 Å². The fraction of sp³-hybridized carbons (Fsp3) is 0.0952. The molecule has 3 aromatic carbocycles. The minimum atomic E-state index is -3.97. The van der Waals surface area contributed by atoms with Crippen molar-refractivity contribution in [2.75, 3.05) is 10.0 Å². The largest absolute Gasteiger partial charge is 0.322 e. The molecule has 3 rings (SSSR count). The van der Waals surface area contributed by atoms with E-state index in [9.17, 15) is 17.6 Å². The third-order valence-electron chi connectivity index (χ3n) is 4.19. The van der Waals surface area contributed by atoms with E-state index in [1.165, 1.54) is 48.5 Å². The van der Waals surface area contributed by atoms with Gasteiger partial charge in [-0.15, -0.1) is 0 Å². The summed E-state index contributed by atoms with van der Waals surface area (Å²) in [4.78, 5) is 12.4. The SMILES string of the molecule is CCc1ccccc1NC(=O)c1ccc(S(=O)(=O)Nc2ccccc2F)cc1. The van der Waals surface area contributed by atoms with Gasteiger partial charge in [0.2, 0.25) is 0 Å². The summed E-state index contributed by atoms with van der Waals surface area (Å²) in [5.41, 5.74) is 1.90. The Morgan fingerprint density at radius 1 is 0.893 bits per heavy atom. The lowest BCUT2D eigenvalue weighted by Gasteiger charge is -2.11. The van der Waals surface area contributed by atoms with Crippen LogP contribution in [0.25, 0.3) is 0 Å². The zero-order valence-electron chi connectivity index (χ0n) is 15.1. The maximum atomic E-state index is 13.7. The number of sulfonamides is 1. The highest BCUT2D eigenvalue weighted by Gasteiger charge is 2.17. The minimum Gasteiger partial charge on any atom is -0.322 e. The van der Waals surface area contributed by atoms with Gasteiger partial charge in [-0.05, 0) is 54.4 Å². The minimum absolute atomic E-state index is 0.0683. The molecule has 0 spiro atoms. The molecule has 0 bridgehead atoms. The van der Waals surface area contributed by atoms with Crippen molar-refractivity contribution in [2.24, 2.45) is 0 Å². The van der Waals surface area contributed by atoms with Gasteiger partial charge in [-0.1, -0.05) is 37.3 Å². The van der Waals surface area contributed by atoms with Gasteiger partial charge >= 0.3 is 0 Å². The highest BCUT2D eigenvalue weighted by molar-refractivity contribution is 7.92. The Balaban J connectivity index is 1.77. The van der Waals surface area contributed by atoms with Gasteiger partial charge in [0.25, 0.3) is 15.9 Å². The topological polar surface area (TPSA) is 75.3 Å². The Morgan fingerprint density at radius 2 is 1.50 bits per heavy atom. The van der Waals surface area contributed by atoms with E-state index in [0.717, 1.165) is 12.0 Å². The second kappa shape index (κ2) is 8.22. The number of carbonyl (C=O) groups excluding carboxylic acids is 1. The van der Waals surface area contributed by atoms with E-state index in [1.807, 2.05) is 31.2 Å². The molecule has 3 aromatic rings. The number of benzene rings is 3. The van der Waals surface area contributed by atoms with Crippen molar-refractivity contribution in [3.05, 3.63) is 89.7 Å². The van der Waals surface area contributed by atoms with Gasteiger partial charge in [0.15, 0.2) is 0 Å². The maximum absolute atomic E-state index is 13.7. The molecule has 0 saturated carbocycles. The van der Waals surface area contributed by atoms with Crippen LogP contribution >= 0.6 is 0 Å². The number of para-hydroxylation sites is 2. The predicted molar refractivity (Wildman–Crippen MR) is 107 cm³/mol. The molecular formula is C21H19FN2O3S. The van der Waals surface area contributed by atoms with Crippen LogP contribution in [0, 0.1) is 5.82 Å². The van der Waals surface area contributed by atoms with Crippen molar-refractivity contribution in [1.82, 2.24) is 0 Å². The lowest BCUT2D eigenvalue weighted by molar-refractivity contribution is 0.102. The number of hydrogen-bond donors (Lipinski definition) is 2. The Bertz CT molecular complexity index is 1100. The Hall–Kier alpha value is -3.19. The summed E-state index contributed by atoms with van der Waals surface area (Å²) in [5.74, 6) is -1.01. The van der Waals surface area contributed by atoms with Gasteiger partial charge < -0.3 is 5.32 Å². The van der Waals surface area contributed by atoms with Crippen LogP contribution in [-0.4, -0.2) is 14.3 Å². The molecule has 0 heterocycles. The summed E-state index contributed by atoms with van der Waals surface area (Å²) < 4.78 is 40.8. The molecule has 0 unspecified atom stereocenters. The average molecular weight is 398 g/mol. The molecule has 0 atom stereocenters. The van der Waals surface area contributed by atoms with Crippen LogP contribution in [0.2, 0.25) is 0 Å². The first-order valence-electron chi connectivity index (χ1n) is 8.67. The van der Waals surface area contributed by atoms with Crippen LogP contribution in [0.5, 0.6) is 0 Å². The second-order valence-electron chi connectivity index (χ2n) is 6.07. The molecule has 7 heteroatoms. The van der Waals surface area contributed by atoms with Crippen molar-refractivity contribution in [2.45, 2.75) is 18.2 Å². The van der Waals surface area contributed by atoms with Crippen LogP contribution in [0.3, 0.4) is 0 Å². The van der Waals surface area contributed by atoms with Crippen LogP contribution < -0.4 is 10.0 Å². The Morgan fingerprint density at radius 3 is 2.14 bits per heavy atom. The average Bonchev–Trinajstić information content (AvgIpc) is 2.70. The van der Waals surface area contributed by atoms with Gasteiger partial charge in [0, 0.05) is 11.3 Å². The molecule has 28 heavy (non-hydrogen) atoms. The van der Waals surface area contributed by atoms with E-state index in [-0.39, 0.29) is 16.5 Å². The number of carbonyl (C=O) groups is 1. The molecule has 0 saturated heterocycles. The fourth-order valence-electron chi connectivity index (χ4n) is 2.68. The molecule has 1 amide bonds. The molecule has 0 aromatic heterocycles. The number of halogens is 1. The third kappa shape index (κ3) is 4.37. The number of anilines is 2.